The third kappa shape index (κ3) is 3.58. The number of aromatic nitrogens is 1. The van der Waals surface area contributed by atoms with E-state index in [1.165, 1.54) is 0 Å². The number of nitrogens with two attached hydrogens (primary N) is 1. The lowest BCUT2D eigenvalue weighted by Crippen LogP contribution is -2.22. The first kappa shape index (κ1) is 13.6. The van der Waals surface area contributed by atoms with Crippen LogP contribution < -0.4 is 10.5 Å². The highest BCUT2D eigenvalue weighted by Crippen LogP contribution is 2.28. The Morgan fingerprint density at radius 2 is 1.95 bits per heavy atom. The number of anilines is 1. The van der Waals surface area contributed by atoms with E-state index >= 15 is 0 Å². The van der Waals surface area contributed by atoms with Crippen molar-refractivity contribution in [1.29, 1.82) is 0 Å². The lowest BCUT2D eigenvalue weighted by molar-refractivity contribution is -0.0161. The van der Waals surface area contributed by atoms with Crippen molar-refractivity contribution in [2.24, 2.45) is 0 Å². The summed E-state index contributed by atoms with van der Waals surface area (Å²) in [5.41, 5.74) is 7.19. The Morgan fingerprint density at radius 1 is 1.16 bits per heavy atom. The van der Waals surface area contributed by atoms with Crippen molar-refractivity contribution in [2.75, 3.05) is 18.9 Å². The molecule has 0 aliphatic rings. The molecule has 0 aliphatic carbocycles. The van der Waals surface area contributed by atoms with Gasteiger partial charge in [-0.2, -0.15) is 0 Å². The van der Waals surface area contributed by atoms with Crippen LogP contribution in [0.25, 0.3) is 10.9 Å². The van der Waals surface area contributed by atoms with Gasteiger partial charge < -0.3 is 15.2 Å². The fourth-order valence-electron chi connectivity index (χ4n) is 1.79. The van der Waals surface area contributed by atoms with Crippen molar-refractivity contribution < 1.29 is 9.47 Å². The van der Waals surface area contributed by atoms with Crippen molar-refractivity contribution in [3.63, 3.8) is 0 Å². The molecule has 19 heavy (non-hydrogen) atoms. The molecule has 0 radical (unpaired) electrons. The standard InChI is InChI=1S/C15H20N2O2/c1-15(2,3)19-10-9-18-13-7-6-12(16)14-11(13)5-4-8-17-14/h4-8H,9-10,16H2,1-3H3. The summed E-state index contributed by atoms with van der Waals surface area (Å²) in [7, 11) is 0. The predicted molar refractivity (Wildman–Crippen MR) is 77.4 cm³/mol. The highest BCUT2D eigenvalue weighted by Gasteiger charge is 2.10. The fraction of sp³-hybridized carbons (Fsp3) is 0.400. The number of hydrogen-bond donors (Lipinski definition) is 1. The molecular formula is C15H20N2O2. The first-order valence-electron chi connectivity index (χ1n) is 6.37. The van der Waals surface area contributed by atoms with Crippen molar-refractivity contribution in [3.8, 4) is 5.75 Å². The Kier molecular flexibility index (Phi) is 3.90. The van der Waals surface area contributed by atoms with E-state index < -0.39 is 0 Å². The van der Waals surface area contributed by atoms with Crippen LogP contribution in [0.2, 0.25) is 0 Å². The summed E-state index contributed by atoms with van der Waals surface area (Å²) in [5, 5.41) is 0.929. The molecule has 4 heteroatoms. The summed E-state index contributed by atoms with van der Waals surface area (Å²) in [6.45, 7) is 7.13. The summed E-state index contributed by atoms with van der Waals surface area (Å²) in [4.78, 5) is 4.27. The average Bonchev–Trinajstić information content (AvgIpc) is 2.36. The first-order valence-corrected chi connectivity index (χ1v) is 6.37. The Labute approximate surface area is 113 Å². The number of hydrogen-bond acceptors (Lipinski definition) is 4. The molecule has 0 fully saturated rings. The van der Waals surface area contributed by atoms with E-state index in [0.29, 0.717) is 18.9 Å². The van der Waals surface area contributed by atoms with Gasteiger partial charge in [0.25, 0.3) is 0 Å². The van der Waals surface area contributed by atoms with Crippen molar-refractivity contribution >= 4 is 16.6 Å². The number of rotatable bonds is 4. The minimum atomic E-state index is -0.145. The third-order valence-corrected chi connectivity index (χ3v) is 2.64. The molecule has 0 unspecified atom stereocenters. The lowest BCUT2D eigenvalue weighted by Gasteiger charge is -2.19. The van der Waals surface area contributed by atoms with Crippen LogP contribution in [0.3, 0.4) is 0 Å². The molecule has 0 spiro atoms. The van der Waals surface area contributed by atoms with Crippen LogP contribution in [0, 0.1) is 0 Å². The number of nitrogens with zero attached hydrogens (tertiary/aromatic N) is 1. The number of pyridine rings is 1. The topological polar surface area (TPSA) is 57.4 Å². The lowest BCUT2D eigenvalue weighted by atomic mass is 10.2. The Bertz CT molecular complexity index is 562. The quantitative estimate of drug-likeness (QED) is 0.678. The molecule has 2 aromatic rings. The van der Waals surface area contributed by atoms with Crippen LogP contribution in [0.5, 0.6) is 5.75 Å². The van der Waals surface area contributed by atoms with Crippen molar-refractivity contribution in [3.05, 3.63) is 30.5 Å². The first-order chi connectivity index (χ1) is 8.97. The summed E-state index contributed by atoms with van der Waals surface area (Å²) < 4.78 is 11.4. The zero-order valence-corrected chi connectivity index (χ0v) is 11.6. The fourth-order valence-corrected chi connectivity index (χ4v) is 1.79. The van der Waals surface area contributed by atoms with E-state index in [1.807, 2.05) is 45.0 Å². The molecule has 1 aromatic heterocycles. The normalized spacial score (nSPS) is 11.7. The summed E-state index contributed by atoms with van der Waals surface area (Å²) in [6, 6.07) is 7.52. The zero-order valence-electron chi connectivity index (χ0n) is 11.6. The molecule has 0 atom stereocenters. The SMILES string of the molecule is CC(C)(C)OCCOc1ccc(N)c2ncccc12. The van der Waals surface area contributed by atoms with Crippen LogP contribution in [0.15, 0.2) is 30.5 Å². The maximum Gasteiger partial charge on any atom is 0.128 e. The van der Waals surface area contributed by atoms with Crippen LogP contribution >= 0.6 is 0 Å². The maximum absolute atomic E-state index is 5.89. The van der Waals surface area contributed by atoms with Gasteiger partial charge in [0.15, 0.2) is 0 Å². The van der Waals surface area contributed by atoms with Gasteiger partial charge in [-0.15, -0.1) is 0 Å². The minimum Gasteiger partial charge on any atom is -0.490 e. The molecule has 0 bridgehead atoms. The van der Waals surface area contributed by atoms with Gasteiger partial charge in [0.2, 0.25) is 0 Å². The molecule has 0 amide bonds. The van der Waals surface area contributed by atoms with E-state index in [-0.39, 0.29) is 5.60 Å². The zero-order chi connectivity index (χ0) is 13.9. The molecular weight excluding hydrogens is 240 g/mol. The smallest absolute Gasteiger partial charge is 0.128 e. The largest absolute Gasteiger partial charge is 0.490 e. The Morgan fingerprint density at radius 3 is 2.68 bits per heavy atom. The Hall–Kier alpha value is -1.81. The molecule has 1 aromatic carbocycles. The summed E-state index contributed by atoms with van der Waals surface area (Å²) >= 11 is 0. The van der Waals surface area contributed by atoms with Gasteiger partial charge in [-0.3, -0.25) is 4.98 Å². The van der Waals surface area contributed by atoms with E-state index in [2.05, 4.69) is 4.98 Å². The molecule has 2 rings (SSSR count). The highest BCUT2D eigenvalue weighted by atomic mass is 16.5. The number of ether oxygens (including phenoxy) is 2. The second-order valence-corrected chi connectivity index (χ2v) is 5.36. The number of nitrogen functional groups attached to an aromatic ring is 1. The van der Waals surface area contributed by atoms with Gasteiger partial charge in [-0.1, -0.05) is 0 Å². The van der Waals surface area contributed by atoms with Crippen LogP contribution in [0.4, 0.5) is 5.69 Å². The maximum atomic E-state index is 5.89. The van der Waals surface area contributed by atoms with Gasteiger partial charge in [0, 0.05) is 11.6 Å². The predicted octanol–water partition coefficient (Wildman–Crippen LogP) is 3.01. The average molecular weight is 260 g/mol. The van der Waals surface area contributed by atoms with Crippen LogP contribution in [0.1, 0.15) is 20.8 Å². The van der Waals surface area contributed by atoms with Crippen LogP contribution in [-0.4, -0.2) is 23.8 Å². The summed E-state index contributed by atoms with van der Waals surface area (Å²) in [6.07, 6.45) is 1.73. The second kappa shape index (κ2) is 5.45. The van der Waals surface area contributed by atoms with Gasteiger partial charge in [0.05, 0.1) is 23.4 Å². The van der Waals surface area contributed by atoms with E-state index in [9.17, 15) is 0 Å². The van der Waals surface area contributed by atoms with Gasteiger partial charge in [0.1, 0.15) is 12.4 Å². The number of fused-ring (bicyclic) bond motifs is 1. The van der Waals surface area contributed by atoms with E-state index in [4.69, 9.17) is 15.2 Å². The molecule has 2 N–H and O–H groups in total. The molecule has 4 nitrogen and oxygen atoms in total. The van der Waals surface area contributed by atoms with E-state index in [0.717, 1.165) is 16.7 Å². The van der Waals surface area contributed by atoms with Gasteiger partial charge >= 0.3 is 0 Å². The minimum absolute atomic E-state index is 0.145. The van der Waals surface area contributed by atoms with E-state index in [1.54, 1.807) is 6.20 Å². The number of benzene rings is 1. The van der Waals surface area contributed by atoms with Crippen molar-refractivity contribution in [1.82, 2.24) is 4.98 Å². The highest BCUT2D eigenvalue weighted by molar-refractivity contribution is 5.93. The Balaban J connectivity index is 2.07. The molecule has 102 valence electrons. The third-order valence-electron chi connectivity index (χ3n) is 2.64. The van der Waals surface area contributed by atoms with Gasteiger partial charge in [-0.05, 0) is 45.0 Å². The monoisotopic (exact) mass is 260 g/mol. The van der Waals surface area contributed by atoms with Gasteiger partial charge in [-0.25, -0.2) is 0 Å². The summed E-state index contributed by atoms with van der Waals surface area (Å²) in [5.74, 6) is 0.787. The molecule has 0 aliphatic heterocycles. The van der Waals surface area contributed by atoms with Crippen LogP contribution in [-0.2, 0) is 4.74 Å². The molecule has 0 saturated carbocycles. The van der Waals surface area contributed by atoms with Crippen molar-refractivity contribution in [2.45, 2.75) is 26.4 Å². The second-order valence-electron chi connectivity index (χ2n) is 5.36. The molecule has 0 saturated heterocycles. The molecule has 1 heterocycles.